The first-order valence-corrected chi connectivity index (χ1v) is 9.33. The van der Waals surface area contributed by atoms with Crippen LogP contribution >= 0.6 is 0 Å². The first-order chi connectivity index (χ1) is 13.4. The zero-order chi connectivity index (χ0) is 18.3. The molecule has 0 fully saturated rings. The third-order valence-corrected chi connectivity index (χ3v) is 4.78. The fourth-order valence-electron chi connectivity index (χ4n) is 3.32. The van der Waals surface area contributed by atoms with Gasteiger partial charge >= 0.3 is 26.2 Å². The number of hydrogen-bond donors (Lipinski definition) is 1. The van der Waals surface area contributed by atoms with Gasteiger partial charge < -0.3 is 29.8 Å². The minimum atomic E-state index is 0. The van der Waals surface area contributed by atoms with Gasteiger partial charge in [0, 0.05) is 0 Å². The van der Waals surface area contributed by atoms with Gasteiger partial charge in [0.15, 0.2) is 0 Å². The average Bonchev–Trinajstić information content (AvgIpc) is 3.48. The van der Waals surface area contributed by atoms with Crippen molar-refractivity contribution < 1.29 is 51.0 Å². The number of para-hydroxylation sites is 1. The molecule has 0 unspecified atom stereocenters. The zero-order valence-corrected chi connectivity index (χ0v) is 20.5. The molecule has 0 aliphatic heterocycles. The summed E-state index contributed by atoms with van der Waals surface area (Å²) in [5, 5.41) is 1.22. The standard InChI is InChI=1S/2C9H8.C8H6N.2ClH.Zr/c2*1-2-5-9-7-3-6-8(9)4-1;1-2-4-8-7(3-1)5-6-9-8;;;/h2*1-6H,7H2;1-5,9H;2*1H;/q;;-1;;;+3/p-2. The normalized spacial score (nSPS) is 11.3. The Morgan fingerprint density at radius 1 is 0.633 bits per heavy atom. The summed E-state index contributed by atoms with van der Waals surface area (Å²) in [4.78, 5) is 2.99. The second kappa shape index (κ2) is 13.4. The third kappa shape index (κ3) is 6.84. The van der Waals surface area contributed by atoms with Gasteiger partial charge in [-0.25, -0.2) is 0 Å². The van der Waals surface area contributed by atoms with E-state index in [1.165, 1.54) is 27.6 Å². The summed E-state index contributed by atoms with van der Waals surface area (Å²) in [6.07, 6.45) is 13.9. The van der Waals surface area contributed by atoms with Crippen molar-refractivity contribution in [1.82, 2.24) is 4.98 Å². The van der Waals surface area contributed by atoms with Gasteiger partial charge in [-0.1, -0.05) is 85.0 Å². The minimum absolute atomic E-state index is 0. The maximum atomic E-state index is 2.99. The maximum Gasteiger partial charge on any atom is 3.00 e. The molecule has 2 aliphatic rings. The van der Waals surface area contributed by atoms with Gasteiger partial charge in [-0.05, 0) is 35.1 Å². The average molecular weight is 511 g/mol. The van der Waals surface area contributed by atoms with Crippen molar-refractivity contribution in [3.05, 3.63) is 119 Å². The Labute approximate surface area is 210 Å². The molecule has 4 aromatic rings. The van der Waals surface area contributed by atoms with Gasteiger partial charge in [-0.3, -0.25) is 0 Å². The molecular weight excluding hydrogens is 488 g/mol. The number of halogens is 2. The van der Waals surface area contributed by atoms with E-state index in [-0.39, 0.29) is 51.0 Å². The minimum Gasteiger partial charge on any atom is -1.00 e. The molecule has 149 valence electrons. The van der Waals surface area contributed by atoms with E-state index in [0.29, 0.717) is 0 Å². The monoisotopic (exact) mass is 508 g/mol. The van der Waals surface area contributed by atoms with Crippen LogP contribution in [-0.2, 0) is 39.0 Å². The number of fused-ring (bicyclic) bond motifs is 3. The molecular formula is C26H22Cl2NZr. The predicted molar refractivity (Wildman–Crippen MR) is 115 cm³/mol. The van der Waals surface area contributed by atoms with Crippen molar-refractivity contribution in [3.8, 4) is 0 Å². The topological polar surface area (TPSA) is 15.8 Å². The van der Waals surface area contributed by atoms with E-state index in [1.807, 2.05) is 24.3 Å². The van der Waals surface area contributed by atoms with Crippen LogP contribution < -0.4 is 24.8 Å². The van der Waals surface area contributed by atoms with Gasteiger partial charge in [0.2, 0.25) is 0 Å². The van der Waals surface area contributed by atoms with Crippen molar-refractivity contribution in [1.29, 1.82) is 0 Å². The van der Waals surface area contributed by atoms with E-state index in [2.05, 4.69) is 90.1 Å². The number of rotatable bonds is 0. The Hall–Kier alpha value is -1.86. The molecule has 1 nitrogen and oxygen atoms in total. The van der Waals surface area contributed by atoms with Crippen LogP contribution in [0.25, 0.3) is 23.1 Å². The molecule has 0 saturated heterocycles. The second-order valence-corrected chi connectivity index (χ2v) is 6.61. The summed E-state index contributed by atoms with van der Waals surface area (Å²) < 4.78 is 0. The van der Waals surface area contributed by atoms with E-state index >= 15 is 0 Å². The molecule has 0 atom stereocenters. The fourth-order valence-corrected chi connectivity index (χ4v) is 3.32. The SMILES string of the molecule is C1=Cc2ccccc2C1.C1=Cc2ccccc2C1.[Cl-].[Cl-].[Zr+3].[c-]1cc2ccccc2[nH]1. The number of aromatic amines is 1. The van der Waals surface area contributed by atoms with Crippen LogP contribution in [-0.4, -0.2) is 4.98 Å². The Morgan fingerprint density at radius 3 is 1.67 bits per heavy atom. The molecule has 0 spiro atoms. The van der Waals surface area contributed by atoms with Gasteiger partial charge in [0.1, 0.15) is 0 Å². The summed E-state index contributed by atoms with van der Waals surface area (Å²) in [6.45, 7) is 0. The van der Waals surface area contributed by atoms with Crippen LogP contribution in [0.1, 0.15) is 22.3 Å². The Morgan fingerprint density at radius 2 is 1.13 bits per heavy atom. The van der Waals surface area contributed by atoms with Crippen LogP contribution in [0.5, 0.6) is 0 Å². The summed E-state index contributed by atoms with van der Waals surface area (Å²) in [5.74, 6) is 0. The van der Waals surface area contributed by atoms with E-state index in [0.717, 1.165) is 18.4 Å². The van der Waals surface area contributed by atoms with Gasteiger partial charge in [0.05, 0.1) is 0 Å². The first kappa shape index (κ1) is 26.2. The Balaban J connectivity index is 0.000000214. The molecule has 1 N–H and O–H groups in total. The van der Waals surface area contributed by atoms with Crippen LogP contribution in [0.15, 0.2) is 91.0 Å². The Bertz CT molecular complexity index is 1010. The quantitative estimate of drug-likeness (QED) is 0.332. The third-order valence-electron chi connectivity index (χ3n) is 4.78. The summed E-state index contributed by atoms with van der Waals surface area (Å²) in [7, 11) is 0. The smallest absolute Gasteiger partial charge is 1.00 e. The van der Waals surface area contributed by atoms with E-state index in [4.69, 9.17) is 0 Å². The molecule has 1 radical (unpaired) electrons. The van der Waals surface area contributed by atoms with E-state index < -0.39 is 0 Å². The summed E-state index contributed by atoms with van der Waals surface area (Å²) >= 11 is 0. The number of nitrogens with one attached hydrogen (secondary N) is 1. The molecule has 1 aromatic heterocycles. The molecule has 30 heavy (non-hydrogen) atoms. The molecule has 0 bridgehead atoms. The molecule has 2 aliphatic carbocycles. The van der Waals surface area contributed by atoms with Crippen molar-refractivity contribution >= 4 is 23.1 Å². The molecule has 0 saturated carbocycles. The van der Waals surface area contributed by atoms with E-state index in [9.17, 15) is 0 Å². The first-order valence-electron chi connectivity index (χ1n) is 9.33. The number of allylic oxidation sites excluding steroid dienone is 2. The van der Waals surface area contributed by atoms with Gasteiger partial charge in [0.25, 0.3) is 0 Å². The van der Waals surface area contributed by atoms with Crippen LogP contribution in [0, 0.1) is 6.20 Å². The van der Waals surface area contributed by atoms with Crippen molar-refractivity contribution in [2.45, 2.75) is 12.8 Å². The van der Waals surface area contributed by atoms with Crippen molar-refractivity contribution in [2.24, 2.45) is 0 Å². The molecule has 0 amide bonds. The predicted octanol–water partition coefficient (Wildman–Crippen LogP) is 0.485. The van der Waals surface area contributed by atoms with Crippen molar-refractivity contribution in [3.63, 3.8) is 0 Å². The van der Waals surface area contributed by atoms with Gasteiger partial charge in [-0.15, -0.1) is 23.8 Å². The molecule has 6 rings (SSSR count). The molecule has 4 heteroatoms. The number of benzene rings is 3. The van der Waals surface area contributed by atoms with Crippen LogP contribution in [0.4, 0.5) is 0 Å². The largest absolute Gasteiger partial charge is 3.00 e. The fraction of sp³-hybridized carbons (Fsp3) is 0.0769. The molecule has 1 heterocycles. The Kier molecular flexibility index (Phi) is 11.7. The van der Waals surface area contributed by atoms with Crippen LogP contribution in [0.3, 0.4) is 0 Å². The summed E-state index contributed by atoms with van der Waals surface area (Å²) in [6, 6.07) is 27.0. The summed E-state index contributed by atoms with van der Waals surface area (Å²) in [5.41, 5.74) is 6.84. The zero-order valence-electron chi connectivity index (χ0n) is 16.5. The number of hydrogen-bond acceptors (Lipinski definition) is 0. The number of aromatic nitrogens is 1. The van der Waals surface area contributed by atoms with Crippen molar-refractivity contribution in [2.75, 3.05) is 0 Å². The second-order valence-electron chi connectivity index (χ2n) is 6.61. The molecule has 3 aromatic carbocycles. The maximum absolute atomic E-state index is 2.99. The van der Waals surface area contributed by atoms with Gasteiger partial charge in [-0.2, -0.15) is 11.5 Å². The number of H-pyrrole nitrogens is 1. The van der Waals surface area contributed by atoms with Crippen LogP contribution in [0.2, 0.25) is 0 Å². The van der Waals surface area contributed by atoms with E-state index in [1.54, 1.807) is 0 Å².